The van der Waals surface area contributed by atoms with Crippen molar-refractivity contribution in [1.82, 2.24) is 0 Å². The van der Waals surface area contributed by atoms with Crippen LogP contribution < -0.4 is 4.74 Å². The number of ether oxygens (including phenoxy) is 2. The smallest absolute Gasteiger partial charge is 0.169 e. The maximum absolute atomic E-state index is 11.4. The Hall–Kier alpha value is -0.480. The second kappa shape index (κ2) is 5.66. The van der Waals surface area contributed by atoms with Crippen LogP contribution in [0.3, 0.4) is 0 Å². The number of halogens is 3. The predicted octanol–water partition coefficient (Wildman–Crippen LogP) is 3.77. The van der Waals surface area contributed by atoms with Crippen molar-refractivity contribution in [2.45, 2.75) is 25.6 Å². The van der Waals surface area contributed by atoms with Gasteiger partial charge in [-0.25, -0.2) is 0 Å². The van der Waals surface area contributed by atoms with Crippen LogP contribution in [0.5, 0.6) is 5.75 Å². The molecular formula is C12H11Cl3O3. The largest absolute Gasteiger partial charge is 0.484 e. The molecule has 98 valence electrons. The summed E-state index contributed by atoms with van der Waals surface area (Å²) in [6, 6.07) is 3.08. The molecule has 0 bridgehead atoms. The second-order valence-corrected chi connectivity index (χ2v) is 5.15. The van der Waals surface area contributed by atoms with Crippen molar-refractivity contribution < 1.29 is 14.3 Å². The van der Waals surface area contributed by atoms with Crippen LogP contribution in [0.1, 0.15) is 13.3 Å². The monoisotopic (exact) mass is 308 g/mol. The molecule has 18 heavy (non-hydrogen) atoms. The lowest BCUT2D eigenvalue weighted by atomic mass is 9.90. The molecule has 1 fully saturated rings. The third kappa shape index (κ3) is 2.75. The van der Waals surface area contributed by atoms with Crippen molar-refractivity contribution in [2.24, 2.45) is 0 Å². The number of Topliss-reactive ketones (excluding diaryl/α,β-unsaturated/α-hetero) is 1. The molecule has 2 unspecified atom stereocenters. The average Bonchev–Trinajstić information content (AvgIpc) is 2.29. The van der Waals surface area contributed by atoms with E-state index in [1.165, 1.54) is 0 Å². The molecule has 0 spiro atoms. The summed E-state index contributed by atoms with van der Waals surface area (Å²) in [7, 11) is 0. The van der Waals surface area contributed by atoms with Crippen molar-refractivity contribution in [3.63, 3.8) is 0 Å². The summed E-state index contributed by atoms with van der Waals surface area (Å²) in [6.45, 7) is 2.28. The fourth-order valence-electron chi connectivity index (χ4n) is 1.74. The van der Waals surface area contributed by atoms with Crippen LogP contribution in [0, 0.1) is 0 Å². The van der Waals surface area contributed by atoms with Gasteiger partial charge in [-0.3, -0.25) is 4.79 Å². The third-order valence-corrected chi connectivity index (χ3v) is 3.42. The number of hydrogen-bond acceptors (Lipinski definition) is 3. The first-order valence-corrected chi connectivity index (χ1v) is 6.61. The van der Waals surface area contributed by atoms with E-state index in [2.05, 4.69) is 0 Å². The summed E-state index contributed by atoms with van der Waals surface area (Å²) < 4.78 is 10.9. The molecule has 2 rings (SSSR count). The summed E-state index contributed by atoms with van der Waals surface area (Å²) >= 11 is 17.8. The summed E-state index contributed by atoms with van der Waals surface area (Å²) in [6.07, 6.45) is -0.564. The molecule has 0 N–H and O–H groups in total. The number of ketones is 1. The summed E-state index contributed by atoms with van der Waals surface area (Å²) in [5.41, 5.74) is 0. The lowest BCUT2D eigenvalue weighted by Gasteiger charge is -2.34. The maximum atomic E-state index is 11.4. The average molecular weight is 310 g/mol. The van der Waals surface area contributed by atoms with E-state index in [-0.39, 0.29) is 11.9 Å². The Kier molecular flexibility index (Phi) is 4.38. The van der Waals surface area contributed by atoms with Crippen LogP contribution in [-0.2, 0) is 9.53 Å². The zero-order valence-electron chi connectivity index (χ0n) is 9.58. The summed E-state index contributed by atoms with van der Waals surface area (Å²) in [4.78, 5) is 11.4. The quantitative estimate of drug-likeness (QED) is 0.849. The van der Waals surface area contributed by atoms with E-state index in [1.807, 2.05) is 6.92 Å². The molecule has 1 aromatic rings. The Labute approximate surface area is 120 Å². The SMILES string of the molecule is CCOC1C(=O)CC1Oc1c(Cl)cc(Cl)cc1Cl. The number of rotatable bonds is 4. The van der Waals surface area contributed by atoms with Crippen LogP contribution in [0.2, 0.25) is 15.1 Å². The standard InChI is InChI=1S/C12H11Cl3O3/c1-2-17-12-9(16)5-10(12)18-11-7(14)3-6(13)4-8(11)15/h3-4,10,12H,2,5H2,1H3. The van der Waals surface area contributed by atoms with Crippen LogP contribution >= 0.6 is 34.8 Å². The van der Waals surface area contributed by atoms with Crippen LogP contribution in [0.4, 0.5) is 0 Å². The maximum Gasteiger partial charge on any atom is 0.169 e. The van der Waals surface area contributed by atoms with E-state index in [1.54, 1.807) is 12.1 Å². The molecule has 0 aliphatic heterocycles. The van der Waals surface area contributed by atoms with E-state index in [0.717, 1.165) is 0 Å². The van der Waals surface area contributed by atoms with Crippen molar-refractivity contribution in [3.8, 4) is 5.75 Å². The normalized spacial score (nSPS) is 22.8. The van der Waals surface area contributed by atoms with E-state index < -0.39 is 6.10 Å². The van der Waals surface area contributed by atoms with Gasteiger partial charge in [0, 0.05) is 18.1 Å². The first-order chi connectivity index (χ1) is 8.52. The molecule has 3 nitrogen and oxygen atoms in total. The van der Waals surface area contributed by atoms with E-state index in [0.29, 0.717) is 33.8 Å². The fourth-order valence-corrected chi connectivity index (χ4v) is 2.65. The van der Waals surface area contributed by atoms with Gasteiger partial charge in [0.25, 0.3) is 0 Å². The molecule has 0 aromatic heterocycles. The van der Waals surface area contributed by atoms with Gasteiger partial charge in [0.1, 0.15) is 6.10 Å². The van der Waals surface area contributed by atoms with Crippen LogP contribution in [0.15, 0.2) is 12.1 Å². The lowest BCUT2D eigenvalue weighted by molar-refractivity contribution is -0.154. The van der Waals surface area contributed by atoms with Crippen molar-refractivity contribution >= 4 is 40.6 Å². The lowest BCUT2D eigenvalue weighted by Crippen LogP contribution is -2.52. The molecule has 2 atom stereocenters. The highest BCUT2D eigenvalue weighted by Crippen LogP contribution is 2.38. The van der Waals surface area contributed by atoms with Crippen LogP contribution in [-0.4, -0.2) is 24.6 Å². The number of benzene rings is 1. The Morgan fingerprint density at radius 2 is 1.89 bits per heavy atom. The van der Waals surface area contributed by atoms with Crippen molar-refractivity contribution in [2.75, 3.05) is 6.61 Å². The summed E-state index contributed by atoms with van der Waals surface area (Å²) in [5.74, 6) is 0.369. The Bertz CT molecular complexity index is 453. The third-order valence-electron chi connectivity index (χ3n) is 2.64. The highest BCUT2D eigenvalue weighted by atomic mass is 35.5. The van der Waals surface area contributed by atoms with Crippen molar-refractivity contribution in [3.05, 3.63) is 27.2 Å². The van der Waals surface area contributed by atoms with E-state index in [9.17, 15) is 4.79 Å². The molecule has 1 aromatic carbocycles. The van der Waals surface area contributed by atoms with Crippen molar-refractivity contribution in [1.29, 1.82) is 0 Å². The zero-order valence-corrected chi connectivity index (χ0v) is 11.9. The molecule has 0 saturated heterocycles. The highest BCUT2D eigenvalue weighted by molar-refractivity contribution is 6.40. The van der Waals surface area contributed by atoms with Gasteiger partial charge in [-0.2, -0.15) is 0 Å². The molecule has 0 radical (unpaired) electrons. The van der Waals surface area contributed by atoms with E-state index >= 15 is 0 Å². The fraction of sp³-hybridized carbons (Fsp3) is 0.417. The van der Waals surface area contributed by atoms with Gasteiger partial charge < -0.3 is 9.47 Å². The van der Waals surface area contributed by atoms with Gasteiger partial charge in [-0.1, -0.05) is 34.8 Å². The first kappa shape index (κ1) is 13.9. The van der Waals surface area contributed by atoms with Gasteiger partial charge in [-0.05, 0) is 19.1 Å². The van der Waals surface area contributed by atoms with Gasteiger partial charge in [0.15, 0.2) is 17.6 Å². The second-order valence-electron chi connectivity index (χ2n) is 3.90. The minimum Gasteiger partial charge on any atom is -0.484 e. The molecule has 0 heterocycles. The van der Waals surface area contributed by atoms with Crippen LogP contribution in [0.25, 0.3) is 0 Å². The topological polar surface area (TPSA) is 35.5 Å². The Morgan fingerprint density at radius 1 is 1.28 bits per heavy atom. The molecule has 1 aliphatic carbocycles. The molecule has 6 heteroatoms. The molecule has 1 aliphatic rings. The Morgan fingerprint density at radius 3 is 2.39 bits per heavy atom. The Balaban J connectivity index is 2.13. The zero-order chi connectivity index (χ0) is 13.3. The predicted molar refractivity (Wildman–Crippen MR) is 70.9 cm³/mol. The summed E-state index contributed by atoms with van der Waals surface area (Å²) in [5, 5.41) is 1.08. The van der Waals surface area contributed by atoms with Gasteiger partial charge in [0.05, 0.1) is 10.0 Å². The minimum atomic E-state index is -0.530. The highest BCUT2D eigenvalue weighted by Gasteiger charge is 2.43. The van der Waals surface area contributed by atoms with Gasteiger partial charge in [-0.15, -0.1) is 0 Å². The van der Waals surface area contributed by atoms with Gasteiger partial charge in [0.2, 0.25) is 0 Å². The molecular weight excluding hydrogens is 298 g/mol. The minimum absolute atomic E-state index is 0.0306. The number of carbonyl (C=O) groups excluding carboxylic acids is 1. The first-order valence-electron chi connectivity index (χ1n) is 5.48. The number of carbonyl (C=O) groups is 1. The molecule has 1 saturated carbocycles. The van der Waals surface area contributed by atoms with E-state index in [4.69, 9.17) is 44.3 Å². The number of hydrogen-bond donors (Lipinski definition) is 0. The molecule has 0 amide bonds. The van der Waals surface area contributed by atoms with Gasteiger partial charge >= 0.3 is 0 Å².